The highest BCUT2D eigenvalue weighted by Crippen LogP contribution is 2.16. The van der Waals surface area contributed by atoms with Crippen molar-refractivity contribution in [2.75, 3.05) is 13.1 Å². The van der Waals surface area contributed by atoms with Crippen LogP contribution in [-0.4, -0.2) is 13.1 Å². The van der Waals surface area contributed by atoms with Gasteiger partial charge in [0, 0.05) is 0 Å². The highest BCUT2D eigenvalue weighted by molar-refractivity contribution is 4.89. The predicted octanol–water partition coefficient (Wildman–Crippen LogP) is 1.95. The van der Waals surface area contributed by atoms with Crippen LogP contribution < -0.4 is 5.32 Å². The van der Waals surface area contributed by atoms with Gasteiger partial charge in [0.05, 0.1) is 0 Å². The van der Waals surface area contributed by atoms with Crippen molar-refractivity contribution in [1.29, 1.82) is 0 Å². The first-order chi connectivity index (χ1) is 4.79. The molecule has 1 nitrogen and oxygen atoms in total. The largest absolute Gasteiger partial charge is 0.316 e. The van der Waals surface area contributed by atoms with Crippen molar-refractivity contribution in [1.82, 2.24) is 5.32 Å². The fourth-order valence-electron chi connectivity index (χ4n) is 1.41. The van der Waals surface area contributed by atoms with Gasteiger partial charge < -0.3 is 5.32 Å². The second kappa shape index (κ2) is 3.77. The van der Waals surface area contributed by atoms with Gasteiger partial charge in [-0.15, -0.1) is 6.58 Å². The van der Waals surface area contributed by atoms with Gasteiger partial charge >= 0.3 is 0 Å². The molecule has 1 saturated heterocycles. The van der Waals surface area contributed by atoms with E-state index in [9.17, 15) is 0 Å². The number of rotatable bonds is 3. The fraction of sp³-hybridized carbons (Fsp3) is 0.778. The molecule has 1 aliphatic rings. The van der Waals surface area contributed by atoms with Crippen molar-refractivity contribution in [2.24, 2.45) is 5.92 Å². The second-order valence-electron chi connectivity index (χ2n) is 3.35. The van der Waals surface area contributed by atoms with Crippen LogP contribution in [0.15, 0.2) is 12.2 Å². The number of allylic oxidation sites excluding steroid dienone is 1. The quantitative estimate of drug-likeness (QED) is 0.589. The first-order valence-electron chi connectivity index (χ1n) is 4.14. The van der Waals surface area contributed by atoms with E-state index in [0.29, 0.717) is 0 Å². The van der Waals surface area contributed by atoms with E-state index in [1.807, 2.05) is 0 Å². The molecule has 1 unspecified atom stereocenters. The summed E-state index contributed by atoms with van der Waals surface area (Å²) in [5.74, 6) is 0.927. The lowest BCUT2D eigenvalue weighted by atomic mass is 10.0. The summed E-state index contributed by atoms with van der Waals surface area (Å²) in [5.41, 5.74) is 1.33. The topological polar surface area (TPSA) is 12.0 Å². The molecule has 0 aliphatic carbocycles. The molecule has 0 radical (unpaired) electrons. The summed E-state index contributed by atoms with van der Waals surface area (Å²) >= 11 is 0. The van der Waals surface area contributed by atoms with Crippen LogP contribution in [0.5, 0.6) is 0 Å². The predicted molar refractivity (Wildman–Crippen MR) is 45.0 cm³/mol. The van der Waals surface area contributed by atoms with Gasteiger partial charge in [0.15, 0.2) is 0 Å². The maximum atomic E-state index is 3.90. The van der Waals surface area contributed by atoms with Crippen LogP contribution in [0.4, 0.5) is 0 Å². The summed E-state index contributed by atoms with van der Waals surface area (Å²) in [5, 5.41) is 3.37. The van der Waals surface area contributed by atoms with Crippen molar-refractivity contribution >= 4 is 0 Å². The molecule has 0 saturated carbocycles. The molecule has 0 amide bonds. The smallest absolute Gasteiger partial charge is 0.00199 e. The summed E-state index contributed by atoms with van der Waals surface area (Å²) in [6.45, 7) is 8.46. The Morgan fingerprint density at radius 3 is 3.00 bits per heavy atom. The molecule has 0 spiro atoms. The zero-order valence-corrected chi connectivity index (χ0v) is 6.82. The van der Waals surface area contributed by atoms with Crippen LogP contribution in [0.1, 0.15) is 26.2 Å². The normalized spacial score (nSPS) is 25.1. The Kier molecular flexibility index (Phi) is 2.94. The van der Waals surface area contributed by atoms with Crippen LogP contribution in [0.2, 0.25) is 0 Å². The van der Waals surface area contributed by atoms with E-state index in [4.69, 9.17) is 0 Å². The van der Waals surface area contributed by atoms with Crippen LogP contribution in [-0.2, 0) is 0 Å². The summed E-state index contributed by atoms with van der Waals surface area (Å²) in [7, 11) is 0. The molecule has 0 aromatic rings. The molecule has 1 fully saturated rings. The number of hydrogen-bond acceptors (Lipinski definition) is 1. The molecule has 0 bridgehead atoms. The van der Waals surface area contributed by atoms with Crippen LogP contribution in [0, 0.1) is 5.92 Å². The molecule has 1 atom stereocenters. The van der Waals surface area contributed by atoms with Gasteiger partial charge in [-0.2, -0.15) is 0 Å². The lowest BCUT2D eigenvalue weighted by molar-refractivity contribution is 0.532. The molecule has 0 aromatic carbocycles. The van der Waals surface area contributed by atoms with E-state index in [2.05, 4.69) is 18.8 Å². The van der Waals surface area contributed by atoms with Gasteiger partial charge in [0.1, 0.15) is 0 Å². The lowest BCUT2D eigenvalue weighted by Crippen LogP contribution is -2.08. The second-order valence-corrected chi connectivity index (χ2v) is 3.35. The van der Waals surface area contributed by atoms with Crippen molar-refractivity contribution in [3.05, 3.63) is 12.2 Å². The minimum absolute atomic E-state index is 0.927. The average Bonchev–Trinajstić information content (AvgIpc) is 2.34. The number of hydrogen-bond donors (Lipinski definition) is 1. The van der Waals surface area contributed by atoms with E-state index < -0.39 is 0 Å². The molecule has 1 heterocycles. The van der Waals surface area contributed by atoms with Gasteiger partial charge in [0.25, 0.3) is 0 Å². The van der Waals surface area contributed by atoms with Gasteiger partial charge in [-0.25, -0.2) is 0 Å². The summed E-state index contributed by atoms with van der Waals surface area (Å²) in [6, 6.07) is 0. The molecule has 1 aliphatic heterocycles. The highest BCUT2D eigenvalue weighted by Gasteiger charge is 2.12. The molecule has 58 valence electrons. The Labute approximate surface area is 63.5 Å². The van der Waals surface area contributed by atoms with Crippen molar-refractivity contribution in [3.63, 3.8) is 0 Å². The Morgan fingerprint density at radius 2 is 2.50 bits per heavy atom. The van der Waals surface area contributed by atoms with Crippen molar-refractivity contribution in [2.45, 2.75) is 26.2 Å². The van der Waals surface area contributed by atoms with Gasteiger partial charge in [-0.05, 0) is 45.2 Å². The van der Waals surface area contributed by atoms with E-state index >= 15 is 0 Å². The molecule has 0 aromatic heterocycles. The van der Waals surface area contributed by atoms with E-state index in [1.165, 1.54) is 37.9 Å². The van der Waals surface area contributed by atoms with Gasteiger partial charge in [0.2, 0.25) is 0 Å². The third-order valence-electron chi connectivity index (χ3n) is 2.14. The van der Waals surface area contributed by atoms with Crippen LogP contribution >= 0.6 is 0 Å². The maximum Gasteiger partial charge on any atom is -0.00199 e. The molecule has 1 N–H and O–H groups in total. The lowest BCUT2D eigenvalue weighted by Gasteiger charge is -2.06. The monoisotopic (exact) mass is 139 g/mol. The fourth-order valence-corrected chi connectivity index (χ4v) is 1.41. The number of nitrogens with one attached hydrogen (secondary N) is 1. The van der Waals surface area contributed by atoms with Crippen molar-refractivity contribution in [3.8, 4) is 0 Å². The minimum Gasteiger partial charge on any atom is -0.316 e. The first kappa shape index (κ1) is 7.80. The van der Waals surface area contributed by atoms with Gasteiger partial charge in [-0.1, -0.05) is 5.57 Å². The maximum absolute atomic E-state index is 3.90. The minimum atomic E-state index is 0.927. The Bertz CT molecular complexity index is 112. The van der Waals surface area contributed by atoms with E-state index in [1.54, 1.807) is 0 Å². The zero-order chi connectivity index (χ0) is 7.40. The zero-order valence-electron chi connectivity index (χ0n) is 6.82. The first-order valence-corrected chi connectivity index (χ1v) is 4.14. The molecule has 10 heavy (non-hydrogen) atoms. The summed E-state index contributed by atoms with van der Waals surface area (Å²) in [4.78, 5) is 0. The third kappa shape index (κ3) is 2.53. The molecule has 1 heteroatoms. The third-order valence-corrected chi connectivity index (χ3v) is 2.14. The summed E-state index contributed by atoms with van der Waals surface area (Å²) < 4.78 is 0. The summed E-state index contributed by atoms with van der Waals surface area (Å²) in [6.07, 6.45) is 3.92. The highest BCUT2D eigenvalue weighted by atomic mass is 14.9. The Hall–Kier alpha value is -0.300. The Balaban J connectivity index is 2.07. The molecular weight excluding hydrogens is 122 g/mol. The van der Waals surface area contributed by atoms with Gasteiger partial charge in [-0.3, -0.25) is 0 Å². The van der Waals surface area contributed by atoms with E-state index in [-0.39, 0.29) is 0 Å². The standard InChI is InChI=1S/C9H17N/c1-8(2)3-4-9-5-6-10-7-9/h9-10H,1,3-7H2,2H3. The average molecular weight is 139 g/mol. The van der Waals surface area contributed by atoms with E-state index in [0.717, 1.165) is 5.92 Å². The molecule has 1 rings (SSSR count). The van der Waals surface area contributed by atoms with Crippen LogP contribution in [0.3, 0.4) is 0 Å². The van der Waals surface area contributed by atoms with Crippen molar-refractivity contribution < 1.29 is 0 Å². The SMILES string of the molecule is C=C(C)CCC1CCNC1. The molecular formula is C9H17N. The van der Waals surface area contributed by atoms with Crippen LogP contribution in [0.25, 0.3) is 0 Å². The Morgan fingerprint density at radius 1 is 1.70 bits per heavy atom.